The molecule has 1 amide bonds. The summed E-state index contributed by atoms with van der Waals surface area (Å²) >= 11 is 7.66. The largest absolute Gasteiger partial charge is 0.329 e. The summed E-state index contributed by atoms with van der Waals surface area (Å²) < 4.78 is 0. The van der Waals surface area contributed by atoms with Crippen LogP contribution >= 0.6 is 23.4 Å². The van der Waals surface area contributed by atoms with Crippen LogP contribution in [0.3, 0.4) is 0 Å². The highest BCUT2D eigenvalue weighted by Gasteiger charge is 2.20. The van der Waals surface area contributed by atoms with Crippen molar-refractivity contribution in [1.29, 1.82) is 0 Å². The van der Waals surface area contributed by atoms with Crippen molar-refractivity contribution in [2.45, 2.75) is 18.1 Å². The van der Waals surface area contributed by atoms with Gasteiger partial charge in [-0.2, -0.15) is 0 Å². The molecular formula is C17H15ClN2OS. The van der Waals surface area contributed by atoms with E-state index in [0.717, 1.165) is 17.7 Å². The molecule has 0 radical (unpaired) electrons. The maximum Gasteiger partial charge on any atom is 0.228 e. The van der Waals surface area contributed by atoms with Crippen LogP contribution in [0.1, 0.15) is 22.8 Å². The molecule has 2 aromatic rings. The highest BCUT2D eigenvalue weighted by Crippen LogP contribution is 2.40. The van der Waals surface area contributed by atoms with Crippen molar-refractivity contribution in [3.8, 4) is 0 Å². The fourth-order valence-corrected chi connectivity index (χ4v) is 3.66. The van der Waals surface area contributed by atoms with Gasteiger partial charge in [-0.05, 0) is 40.8 Å². The van der Waals surface area contributed by atoms with Crippen molar-refractivity contribution in [3.63, 3.8) is 0 Å². The summed E-state index contributed by atoms with van der Waals surface area (Å²) in [5, 5.41) is 6.02. The number of rotatable bonds is 4. The lowest BCUT2D eigenvalue weighted by Gasteiger charge is -2.10. The molecular weight excluding hydrogens is 316 g/mol. The Labute approximate surface area is 138 Å². The third-order valence-corrected chi connectivity index (χ3v) is 4.83. The van der Waals surface area contributed by atoms with E-state index in [0.29, 0.717) is 16.7 Å². The summed E-state index contributed by atoms with van der Waals surface area (Å²) in [6, 6.07) is 11.4. The SMILES string of the molecule is O=C(Cc1cccc(Cl)c1)NC1=CSC(c2ccncc2)C1. The predicted molar refractivity (Wildman–Crippen MR) is 90.6 cm³/mol. The Morgan fingerprint density at radius 3 is 2.91 bits per heavy atom. The number of allylic oxidation sites excluding steroid dienone is 1. The van der Waals surface area contributed by atoms with Gasteiger partial charge in [0.25, 0.3) is 0 Å². The van der Waals surface area contributed by atoms with Gasteiger partial charge in [0.1, 0.15) is 0 Å². The van der Waals surface area contributed by atoms with Crippen LogP contribution in [0.4, 0.5) is 0 Å². The number of carbonyl (C=O) groups is 1. The van der Waals surface area contributed by atoms with E-state index in [2.05, 4.69) is 10.3 Å². The van der Waals surface area contributed by atoms with E-state index >= 15 is 0 Å². The van der Waals surface area contributed by atoms with Gasteiger partial charge in [-0.1, -0.05) is 23.7 Å². The number of carbonyl (C=O) groups excluding carboxylic acids is 1. The van der Waals surface area contributed by atoms with E-state index < -0.39 is 0 Å². The van der Waals surface area contributed by atoms with Crippen molar-refractivity contribution in [1.82, 2.24) is 10.3 Å². The van der Waals surface area contributed by atoms with E-state index in [1.807, 2.05) is 35.7 Å². The van der Waals surface area contributed by atoms with Crippen LogP contribution in [0, 0.1) is 0 Å². The Hall–Kier alpha value is -1.78. The number of pyridine rings is 1. The van der Waals surface area contributed by atoms with Crippen molar-refractivity contribution in [3.05, 3.63) is 76.0 Å². The van der Waals surface area contributed by atoms with E-state index in [4.69, 9.17) is 11.6 Å². The molecule has 2 heterocycles. The number of halogens is 1. The molecule has 0 fully saturated rings. The molecule has 112 valence electrons. The maximum absolute atomic E-state index is 12.1. The van der Waals surface area contributed by atoms with Gasteiger partial charge in [0.2, 0.25) is 5.91 Å². The highest BCUT2D eigenvalue weighted by molar-refractivity contribution is 8.02. The number of amides is 1. The number of nitrogens with zero attached hydrogens (tertiary/aromatic N) is 1. The average Bonchev–Trinajstić information content (AvgIpc) is 2.96. The molecule has 1 N–H and O–H groups in total. The zero-order chi connectivity index (χ0) is 15.4. The van der Waals surface area contributed by atoms with Gasteiger partial charge < -0.3 is 5.32 Å². The van der Waals surface area contributed by atoms with E-state index in [9.17, 15) is 4.79 Å². The predicted octanol–water partition coefficient (Wildman–Crippen LogP) is 4.11. The first kappa shape index (κ1) is 15.1. The number of aromatic nitrogens is 1. The smallest absolute Gasteiger partial charge is 0.228 e. The van der Waals surface area contributed by atoms with Crippen LogP contribution in [-0.2, 0) is 11.2 Å². The molecule has 1 aromatic carbocycles. The third-order valence-electron chi connectivity index (χ3n) is 3.41. The minimum atomic E-state index is -0.00973. The minimum Gasteiger partial charge on any atom is -0.329 e. The normalized spacial score (nSPS) is 17.1. The van der Waals surface area contributed by atoms with Gasteiger partial charge >= 0.3 is 0 Å². The Balaban J connectivity index is 1.55. The molecule has 1 aromatic heterocycles. The third kappa shape index (κ3) is 3.90. The van der Waals surface area contributed by atoms with Gasteiger partial charge in [0, 0.05) is 34.8 Å². The van der Waals surface area contributed by atoms with Crippen LogP contribution < -0.4 is 5.32 Å². The van der Waals surface area contributed by atoms with Crippen LogP contribution in [0.5, 0.6) is 0 Å². The molecule has 0 bridgehead atoms. The number of benzene rings is 1. The summed E-state index contributed by atoms with van der Waals surface area (Å²) in [6.45, 7) is 0. The molecule has 3 nitrogen and oxygen atoms in total. The number of hydrogen-bond donors (Lipinski definition) is 1. The van der Waals surface area contributed by atoms with Crippen molar-refractivity contribution >= 4 is 29.3 Å². The number of nitrogens with one attached hydrogen (secondary N) is 1. The highest BCUT2D eigenvalue weighted by atomic mass is 35.5. The van der Waals surface area contributed by atoms with Crippen LogP contribution in [-0.4, -0.2) is 10.9 Å². The topological polar surface area (TPSA) is 42.0 Å². The molecule has 0 saturated heterocycles. The number of thioether (sulfide) groups is 1. The van der Waals surface area contributed by atoms with Crippen LogP contribution in [0.25, 0.3) is 0 Å². The second-order valence-corrected chi connectivity index (χ2v) is 6.62. The second kappa shape index (κ2) is 6.99. The summed E-state index contributed by atoms with van der Waals surface area (Å²) in [7, 11) is 0. The Bertz CT molecular complexity index is 703. The molecule has 0 saturated carbocycles. The fraction of sp³-hybridized carbons (Fsp3) is 0.176. The van der Waals surface area contributed by atoms with Crippen molar-refractivity contribution < 1.29 is 4.79 Å². The van der Waals surface area contributed by atoms with Gasteiger partial charge in [0.15, 0.2) is 0 Å². The second-order valence-electron chi connectivity index (χ2n) is 5.11. The lowest BCUT2D eigenvalue weighted by atomic mass is 10.1. The lowest BCUT2D eigenvalue weighted by molar-refractivity contribution is -0.119. The molecule has 1 atom stereocenters. The first-order valence-electron chi connectivity index (χ1n) is 6.99. The Morgan fingerprint density at radius 1 is 1.32 bits per heavy atom. The van der Waals surface area contributed by atoms with Crippen LogP contribution in [0.2, 0.25) is 5.02 Å². The van der Waals surface area contributed by atoms with Gasteiger partial charge in [-0.15, -0.1) is 11.8 Å². The molecule has 0 spiro atoms. The van der Waals surface area contributed by atoms with Gasteiger partial charge in [-0.25, -0.2) is 0 Å². The lowest BCUT2D eigenvalue weighted by Crippen LogP contribution is -2.24. The van der Waals surface area contributed by atoms with E-state index in [1.165, 1.54) is 5.56 Å². The molecule has 0 aliphatic carbocycles. The minimum absolute atomic E-state index is 0.00973. The average molecular weight is 331 g/mol. The molecule has 22 heavy (non-hydrogen) atoms. The monoisotopic (exact) mass is 330 g/mol. The van der Waals surface area contributed by atoms with E-state index in [1.54, 1.807) is 30.2 Å². The zero-order valence-corrected chi connectivity index (χ0v) is 13.4. The quantitative estimate of drug-likeness (QED) is 0.917. The molecule has 1 aliphatic heterocycles. The fourth-order valence-electron chi connectivity index (χ4n) is 2.37. The summed E-state index contributed by atoms with van der Waals surface area (Å²) in [5.74, 6) is -0.00973. The maximum atomic E-state index is 12.1. The Morgan fingerprint density at radius 2 is 2.14 bits per heavy atom. The summed E-state index contributed by atoms with van der Waals surface area (Å²) in [5.41, 5.74) is 3.12. The zero-order valence-electron chi connectivity index (χ0n) is 11.8. The van der Waals surface area contributed by atoms with Crippen molar-refractivity contribution in [2.24, 2.45) is 0 Å². The van der Waals surface area contributed by atoms with Gasteiger partial charge in [-0.3, -0.25) is 9.78 Å². The molecule has 5 heteroatoms. The standard InChI is InChI=1S/C17H15ClN2OS/c18-14-3-1-2-12(8-14)9-17(21)20-15-10-16(22-11-15)13-4-6-19-7-5-13/h1-8,11,16H,9-10H2,(H,20,21). The molecule has 3 rings (SSSR count). The first-order chi connectivity index (χ1) is 10.7. The van der Waals surface area contributed by atoms with E-state index in [-0.39, 0.29) is 5.91 Å². The summed E-state index contributed by atoms with van der Waals surface area (Å²) in [4.78, 5) is 16.1. The molecule has 1 aliphatic rings. The first-order valence-corrected chi connectivity index (χ1v) is 8.31. The van der Waals surface area contributed by atoms with Crippen LogP contribution in [0.15, 0.2) is 59.9 Å². The van der Waals surface area contributed by atoms with Gasteiger partial charge in [0.05, 0.1) is 6.42 Å². The molecule has 1 unspecified atom stereocenters. The summed E-state index contributed by atoms with van der Waals surface area (Å²) in [6.07, 6.45) is 4.76. The Kier molecular flexibility index (Phi) is 4.80. The number of hydrogen-bond acceptors (Lipinski definition) is 3. The van der Waals surface area contributed by atoms with Crippen molar-refractivity contribution in [2.75, 3.05) is 0 Å².